The zero-order valence-corrected chi connectivity index (χ0v) is 21.4. The van der Waals surface area contributed by atoms with Gasteiger partial charge in [0.05, 0.1) is 42.3 Å². The number of hydrogen-bond donors (Lipinski definition) is 0. The molecule has 4 heteroatoms. The first-order valence-electron chi connectivity index (χ1n) is 9.50. The van der Waals surface area contributed by atoms with Gasteiger partial charge < -0.3 is 42.9 Å². The number of hydrogen-bond acceptors (Lipinski definition) is 0. The van der Waals surface area contributed by atoms with Gasteiger partial charge in [0.15, 0.2) is 0 Å². The standard InChI is InChI=1S/C24H36N2.2BrH/c1-8-20-9-11-21(12-10-20)15-18-24(26(5,6)7)23-16-13-22(14-17-23)19-25(2,3)4;;/h8-14,16-17,24H,1,15,18-19H2,2-7H3;2*1H/q+2;;/p-2. The molecular weight excluding hydrogens is 476 g/mol. The number of halogens is 2. The molecule has 0 bridgehead atoms. The van der Waals surface area contributed by atoms with E-state index in [4.69, 9.17) is 0 Å². The summed E-state index contributed by atoms with van der Waals surface area (Å²) in [5.41, 5.74) is 5.42. The van der Waals surface area contributed by atoms with Crippen LogP contribution < -0.4 is 34.0 Å². The van der Waals surface area contributed by atoms with E-state index in [1.165, 1.54) is 22.3 Å². The van der Waals surface area contributed by atoms with Crippen LogP contribution in [0, 0.1) is 0 Å². The van der Waals surface area contributed by atoms with E-state index in [9.17, 15) is 0 Å². The molecule has 0 N–H and O–H groups in total. The van der Waals surface area contributed by atoms with Gasteiger partial charge in [0, 0.05) is 17.5 Å². The van der Waals surface area contributed by atoms with Crippen LogP contribution in [0.5, 0.6) is 0 Å². The van der Waals surface area contributed by atoms with Crippen LogP contribution >= 0.6 is 0 Å². The molecule has 2 aromatic carbocycles. The van der Waals surface area contributed by atoms with Crippen LogP contribution in [-0.4, -0.2) is 51.3 Å². The van der Waals surface area contributed by atoms with E-state index in [1.807, 2.05) is 6.08 Å². The zero-order chi connectivity index (χ0) is 19.4. The van der Waals surface area contributed by atoms with Gasteiger partial charge in [-0.3, -0.25) is 0 Å². The zero-order valence-electron chi connectivity index (χ0n) is 18.3. The van der Waals surface area contributed by atoms with Crippen molar-refractivity contribution < 1.29 is 42.9 Å². The summed E-state index contributed by atoms with van der Waals surface area (Å²) in [6.07, 6.45) is 4.14. The highest BCUT2D eigenvalue weighted by Gasteiger charge is 2.25. The third-order valence-electron chi connectivity index (χ3n) is 4.88. The fourth-order valence-electron chi connectivity index (χ4n) is 3.52. The van der Waals surface area contributed by atoms with Gasteiger partial charge in [-0.15, -0.1) is 0 Å². The predicted octanol–water partition coefficient (Wildman–Crippen LogP) is -1.08. The van der Waals surface area contributed by atoms with Crippen molar-refractivity contribution in [3.63, 3.8) is 0 Å². The van der Waals surface area contributed by atoms with Crippen molar-refractivity contribution in [1.29, 1.82) is 0 Å². The maximum atomic E-state index is 3.83. The summed E-state index contributed by atoms with van der Waals surface area (Å²) in [6.45, 7) is 4.89. The SMILES string of the molecule is C=Cc1ccc(CCC(c2ccc(C[N+](C)(C)C)cc2)[N+](C)(C)C)cc1.[Br-].[Br-]. The van der Waals surface area contributed by atoms with E-state index in [1.54, 1.807) is 0 Å². The third kappa shape index (κ3) is 8.60. The molecule has 1 atom stereocenters. The summed E-state index contributed by atoms with van der Waals surface area (Å²) in [5.74, 6) is 0. The predicted molar refractivity (Wildman–Crippen MR) is 114 cm³/mol. The maximum Gasteiger partial charge on any atom is 0.114 e. The van der Waals surface area contributed by atoms with Gasteiger partial charge in [0.1, 0.15) is 12.6 Å². The Bertz CT molecular complexity index is 708. The Kier molecular flexibility index (Phi) is 10.9. The summed E-state index contributed by atoms with van der Waals surface area (Å²) in [5, 5.41) is 0. The van der Waals surface area contributed by atoms with E-state index in [-0.39, 0.29) is 34.0 Å². The topological polar surface area (TPSA) is 0 Å². The van der Waals surface area contributed by atoms with Crippen molar-refractivity contribution in [2.75, 3.05) is 42.3 Å². The fraction of sp³-hybridized carbons (Fsp3) is 0.417. The summed E-state index contributed by atoms with van der Waals surface area (Å²) in [6, 6.07) is 18.5. The Balaban J connectivity index is 0.00000364. The van der Waals surface area contributed by atoms with E-state index >= 15 is 0 Å². The molecule has 0 aliphatic carbocycles. The minimum absolute atomic E-state index is 0. The Morgan fingerprint density at radius 3 is 1.71 bits per heavy atom. The second-order valence-corrected chi connectivity index (χ2v) is 9.31. The van der Waals surface area contributed by atoms with Crippen molar-refractivity contribution in [3.8, 4) is 0 Å². The lowest BCUT2D eigenvalue weighted by molar-refractivity contribution is -0.902. The second kappa shape index (κ2) is 11.3. The summed E-state index contributed by atoms with van der Waals surface area (Å²) in [4.78, 5) is 0. The Morgan fingerprint density at radius 2 is 1.29 bits per heavy atom. The number of aryl methyl sites for hydroxylation is 1. The maximum absolute atomic E-state index is 3.83. The lowest BCUT2D eigenvalue weighted by Gasteiger charge is -2.35. The molecule has 1 unspecified atom stereocenters. The van der Waals surface area contributed by atoms with Crippen LogP contribution in [0.1, 0.15) is 34.7 Å². The largest absolute Gasteiger partial charge is 1.00 e. The average molecular weight is 512 g/mol. The Morgan fingerprint density at radius 1 is 0.786 bits per heavy atom. The molecular formula is C24H36Br2N2. The first-order valence-corrected chi connectivity index (χ1v) is 9.50. The van der Waals surface area contributed by atoms with Gasteiger partial charge >= 0.3 is 0 Å². The Labute approximate surface area is 193 Å². The van der Waals surface area contributed by atoms with Crippen LogP contribution in [0.2, 0.25) is 0 Å². The van der Waals surface area contributed by atoms with Crippen LogP contribution in [0.4, 0.5) is 0 Å². The third-order valence-corrected chi connectivity index (χ3v) is 4.88. The van der Waals surface area contributed by atoms with Crippen LogP contribution in [0.25, 0.3) is 6.08 Å². The molecule has 0 saturated carbocycles. The first kappa shape index (κ1) is 27.1. The quantitative estimate of drug-likeness (QED) is 0.396. The Hall–Kier alpha value is -0.940. The van der Waals surface area contributed by atoms with Gasteiger partial charge in [-0.05, 0) is 17.5 Å². The molecule has 0 saturated heterocycles. The van der Waals surface area contributed by atoms with Gasteiger partial charge in [0.2, 0.25) is 0 Å². The number of nitrogens with zero attached hydrogens (tertiary/aromatic N) is 2. The van der Waals surface area contributed by atoms with E-state index in [0.717, 1.165) is 28.4 Å². The monoisotopic (exact) mass is 510 g/mol. The van der Waals surface area contributed by atoms with Crippen molar-refractivity contribution in [1.82, 2.24) is 0 Å². The fourth-order valence-corrected chi connectivity index (χ4v) is 3.52. The highest BCUT2D eigenvalue weighted by Crippen LogP contribution is 2.29. The summed E-state index contributed by atoms with van der Waals surface area (Å²) in [7, 11) is 13.6. The second-order valence-electron chi connectivity index (χ2n) is 9.31. The molecule has 0 spiro atoms. The lowest BCUT2D eigenvalue weighted by Crippen LogP contribution is -3.00. The average Bonchev–Trinajstić information content (AvgIpc) is 2.54. The molecule has 28 heavy (non-hydrogen) atoms. The first-order chi connectivity index (χ1) is 12.1. The molecule has 156 valence electrons. The molecule has 2 aromatic rings. The lowest BCUT2D eigenvalue weighted by atomic mass is 9.95. The van der Waals surface area contributed by atoms with Gasteiger partial charge in [-0.1, -0.05) is 61.2 Å². The molecule has 0 amide bonds. The van der Waals surface area contributed by atoms with Gasteiger partial charge in [0.25, 0.3) is 0 Å². The number of quaternary nitrogens is 2. The van der Waals surface area contributed by atoms with E-state index in [2.05, 4.69) is 97.4 Å². The van der Waals surface area contributed by atoms with Crippen LogP contribution in [0.15, 0.2) is 55.1 Å². The molecule has 0 aliphatic heterocycles. The van der Waals surface area contributed by atoms with E-state index in [0.29, 0.717) is 6.04 Å². The molecule has 2 nitrogen and oxygen atoms in total. The van der Waals surface area contributed by atoms with E-state index < -0.39 is 0 Å². The molecule has 0 aliphatic rings. The summed E-state index contributed by atoms with van der Waals surface area (Å²) >= 11 is 0. The highest BCUT2D eigenvalue weighted by atomic mass is 79.9. The van der Waals surface area contributed by atoms with Crippen molar-refractivity contribution in [3.05, 3.63) is 77.4 Å². The number of benzene rings is 2. The molecule has 0 radical (unpaired) electrons. The van der Waals surface area contributed by atoms with Crippen molar-refractivity contribution in [2.45, 2.75) is 25.4 Å². The van der Waals surface area contributed by atoms with Crippen LogP contribution in [-0.2, 0) is 13.0 Å². The van der Waals surface area contributed by atoms with Gasteiger partial charge in [-0.2, -0.15) is 0 Å². The molecule has 0 aromatic heterocycles. The normalized spacial score (nSPS) is 12.5. The molecule has 0 heterocycles. The van der Waals surface area contributed by atoms with Gasteiger partial charge in [-0.25, -0.2) is 0 Å². The van der Waals surface area contributed by atoms with Crippen molar-refractivity contribution in [2.24, 2.45) is 0 Å². The molecule has 2 rings (SSSR count). The number of rotatable bonds is 8. The minimum atomic E-state index is 0. The highest BCUT2D eigenvalue weighted by molar-refractivity contribution is 5.47. The molecule has 0 fully saturated rings. The van der Waals surface area contributed by atoms with Crippen LogP contribution in [0.3, 0.4) is 0 Å². The summed E-state index contributed by atoms with van der Waals surface area (Å²) < 4.78 is 1.90. The smallest absolute Gasteiger partial charge is 0.114 e. The minimum Gasteiger partial charge on any atom is -1.00 e. The van der Waals surface area contributed by atoms with Crippen molar-refractivity contribution >= 4 is 6.08 Å².